The Bertz CT molecular complexity index is 307. The predicted octanol–water partition coefficient (Wildman–Crippen LogP) is 2.00. The number of rotatable bonds is 7. The molecule has 1 rings (SSSR count). The molecule has 0 atom stereocenters. The van der Waals surface area contributed by atoms with Crippen LogP contribution in [0.3, 0.4) is 0 Å². The molecule has 1 aromatic heterocycles. The quantitative estimate of drug-likeness (QED) is 0.702. The van der Waals surface area contributed by atoms with Crippen LogP contribution in [0.15, 0.2) is 18.5 Å². The third kappa shape index (κ3) is 4.16. The van der Waals surface area contributed by atoms with E-state index < -0.39 is 5.97 Å². The standard InChI is InChI=1S/C11H17NO3/c1-2-3-7-15-8-6-12-5-4-10(9-12)11(13)14/h4-5,9H,2-3,6-8H2,1H3,(H,13,14). The molecule has 84 valence electrons. The highest BCUT2D eigenvalue weighted by Gasteiger charge is 2.03. The van der Waals surface area contributed by atoms with Gasteiger partial charge in [0.1, 0.15) is 0 Å². The lowest BCUT2D eigenvalue weighted by molar-refractivity contribution is 0.0696. The van der Waals surface area contributed by atoms with Crippen LogP contribution >= 0.6 is 0 Å². The van der Waals surface area contributed by atoms with Crippen LogP contribution in [0.4, 0.5) is 0 Å². The van der Waals surface area contributed by atoms with E-state index in [-0.39, 0.29) is 0 Å². The number of aromatic nitrogens is 1. The van der Waals surface area contributed by atoms with E-state index in [2.05, 4.69) is 6.92 Å². The zero-order valence-electron chi connectivity index (χ0n) is 8.98. The molecular weight excluding hydrogens is 194 g/mol. The molecule has 0 aliphatic rings. The largest absolute Gasteiger partial charge is 0.478 e. The van der Waals surface area contributed by atoms with Gasteiger partial charge in [-0.05, 0) is 12.5 Å². The minimum Gasteiger partial charge on any atom is -0.478 e. The number of hydrogen-bond donors (Lipinski definition) is 1. The molecule has 4 heteroatoms. The van der Waals surface area contributed by atoms with Crippen LogP contribution in [-0.2, 0) is 11.3 Å². The Morgan fingerprint density at radius 3 is 2.93 bits per heavy atom. The summed E-state index contributed by atoms with van der Waals surface area (Å²) in [7, 11) is 0. The molecular formula is C11H17NO3. The third-order valence-corrected chi connectivity index (χ3v) is 2.13. The molecule has 0 bridgehead atoms. The van der Waals surface area contributed by atoms with Gasteiger partial charge in [0.2, 0.25) is 0 Å². The van der Waals surface area contributed by atoms with Crippen LogP contribution in [-0.4, -0.2) is 28.9 Å². The van der Waals surface area contributed by atoms with Crippen molar-refractivity contribution in [3.63, 3.8) is 0 Å². The summed E-state index contributed by atoms with van der Waals surface area (Å²) in [5, 5.41) is 8.70. The molecule has 0 radical (unpaired) electrons. The lowest BCUT2D eigenvalue weighted by Gasteiger charge is -2.03. The highest BCUT2D eigenvalue weighted by Crippen LogP contribution is 2.01. The van der Waals surface area contributed by atoms with Crippen LogP contribution in [0.25, 0.3) is 0 Å². The van der Waals surface area contributed by atoms with Crippen molar-refractivity contribution >= 4 is 5.97 Å². The fourth-order valence-electron chi connectivity index (χ4n) is 1.22. The average Bonchev–Trinajstić information content (AvgIpc) is 2.66. The van der Waals surface area contributed by atoms with Crippen molar-refractivity contribution in [3.8, 4) is 0 Å². The number of carboxylic acid groups (broad SMARTS) is 1. The molecule has 0 saturated carbocycles. The van der Waals surface area contributed by atoms with Gasteiger partial charge in [-0.15, -0.1) is 0 Å². The van der Waals surface area contributed by atoms with Gasteiger partial charge in [-0.2, -0.15) is 0 Å². The van der Waals surface area contributed by atoms with E-state index >= 15 is 0 Å². The van der Waals surface area contributed by atoms with Gasteiger partial charge in [0.25, 0.3) is 0 Å². The Balaban J connectivity index is 2.23. The molecule has 0 saturated heterocycles. The number of nitrogens with zero attached hydrogens (tertiary/aromatic N) is 1. The summed E-state index contributed by atoms with van der Waals surface area (Å²) in [6.45, 7) is 4.24. The van der Waals surface area contributed by atoms with Gasteiger partial charge >= 0.3 is 5.97 Å². The molecule has 0 aromatic carbocycles. The van der Waals surface area contributed by atoms with Crippen molar-refractivity contribution in [2.24, 2.45) is 0 Å². The summed E-state index contributed by atoms with van der Waals surface area (Å²) in [5.74, 6) is -0.888. The van der Waals surface area contributed by atoms with Crippen molar-refractivity contribution in [2.45, 2.75) is 26.3 Å². The zero-order chi connectivity index (χ0) is 11.1. The van der Waals surface area contributed by atoms with Crippen LogP contribution < -0.4 is 0 Å². The fourth-order valence-corrected chi connectivity index (χ4v) is 1.22. The Kier molecular flexibility index (Phi) is 4.90. The lowest BCUT2D eigenvalue weighted by Crippen LogP contribution is -2.05. The van der Waals surface area contributed by atoms with Gasteiger partial charge in [-0.3, -0.25) is 0 Å². The van der Waals surface area contributed by atoms with Crippen LogP contribution in [0.5, 0.6) is 0 Å². The van der Waals surface area contributed by atoms with Gasteiger partial charge < -0.3 is 14.4 Å². The van der Waals surface area contributed by atoms with E-state index in [4.69, 9.17) is 9.84 Å². The van der Waals surface area contributed by atoms with Gasteiger partial charge in [0.15, 0.2) is 0 Å². The van der Waals surface area contributed by atoms with Crippen molar-refractivity contribution in [3.05, 3.63) is 24.0 Å². The molecule has 0 spiro atoms. The number of carboxylic acids is 1. The molecule has 15 heavy (non-hydrogen) atoms. The van der Waals surface area contributed by atoms with E-state index in [0.29, 0.717) is 18.7 Å². The van der Waals surface area contributed by atoms with Crippen molar-refractivity contribution in [1.29, 1.82) is 0 Å². The second kappa shape index (κ2) is 6.24. The monoisotopic (exact) mass is 211 g/mol. The van der Waals surface area contributed by atoms with E-state index in [0.717, 1.165) is 19.4 Å². The number of hydrogen-bond acceptors (Lipinski definition) is 2. The van der Waals surface area contributed by atoms with Gasteiger partial charge in [0, 0.05) is 25.5 Å². The first kappa shape index (κ1) is 11.8. The first-order valence-electron chi connectivity index (χ1n) is 5.21. The summed E-state index contributed by atoms with van der Waals surface area (Å²) >= 11 is 0. The second-order valence-corrected chi connectivity index (χ2v) is 3.41. The fraction of sp³-hybridized carbons (Fsp3) is 0.545. The molecule has 0 unspecified atom stereocenters. The Hall–Kier alpha value is -1.29. The molecule has 0 amide bonds. The Morgan fingerprint density at radius 1 is 1.53 bits per heavy atom. The first-order valence-corrected chi connectivity index (χ1v) is 5.21. The third-order valence-electron chi connectivity index (χ3n) is 2.13. The zero-order valence-corrected chi connectivity index (χ0v) is 8.98. The Morgan fingerprint density at radius 2 is 2.33 bits per heavy atom. The smallest absolute Gasteiger partial charge is 0.337 e. The van der Waals surface area contributed by atoms with E-state index in [1.165, 1.54) is 0 Å². The van der Waals surface area contributed by atoms with Gasteiger partial charge in [-0.1, -0.05) is 13.3 Å². The summed E-state index contributed by atoms with van der Waals surface area (Å²) < 4.78 is 7.21. The maximum atomic E-state index is 10.6. The normalized spacial score (nSPS) is 10.5. The van der Waals surface area contributed by atoms with E-state index in [1.54, 1.807) is 18.5 Å². The highest BCUT2D eigenvalue weighted by molar-refractivity contribution is 5.87. The average molecular weight is 211 g/mol. The molecule has 1 aromatic rings. The van der Waals surface area contributed by atoms with E-state index in [1.807, 2.05) is 4.57 Å². The number of unbranched alkanes of at least 4 members (excludes halogenated alkanes) is 1. The van der Waals surface area contributed by atoms with Crippen molar-refractivity contribution in [1.82, 2.24) is 4.57 Å². The molecule has 0 aliphatic heterocycles. The topological polar surface area (TPSA) is 51.5 Å². The summed E-state index contributed by atoms with van der Waals surface area (Å²) in [4.78, 5) is 10.6. The number of carbonyl (C=O) groups is 1. The molecule has 1 N–H and O–H groups in total. The minimum atomic E-state index is -0.888. The van der Waals surface area contributed by atoms with Crippen molar-refractivity contribution < 1.29 is 14.6 Å². The van der Waals surface area contributed by atoms with Gasteiger partial charge in [0.05, 0.1) is 12.2 Å². The predicted molar refractivity (Wildman–Crippen MR) is 57.1 cm³/mol. The van der Waals surface area contributed by atoms with E-state index in [9.17, 15) is 4.79 Å². The lowest BCUT2D eigenvalue weighted by atomic mass is 10.4. The molecule has 1 heterocycles. The van der Waals surface area contributed by atoms with Crippen LogP contribution in [0, 0.1) is 0 Å². The summed E-state index contributed by atoms with van der Waals surface area (Å²) in [6, 6.07) is 1.59. The maximum Gasteiger partial charge on any atom is 0.337 e. The SMILES string of the molecule is CCCCOCCn1ccc(C(=O)O)c1. The van der Waals surface area contributed by atoms with Crippen molar-refractivity contribution in [2.75, 3.05) is 13.2 Å². The number of ether oxygens (including phenoxy) is 1. The molecule has 0 aliphatic carbocycles. The van der Waals surface area contributed by atoms with Crippen LogP contribution in [0.1, 0.15) is 30.1 Å². The van der Waals surface area contributed by atoms with Crippen LogP contribution in [0.2, 0.25) is 0 Å². The summed E-state index contributed by atoms with van der Waals surface area (Å²) in [6.07, 6.45) is 5.58. The number of aromatic carboxylic acids is 1. The first-order chi connectivity index (χ1) is 7.24. The minimum absolute atomic E-state index is 0.323. The van der Waals surface area contributed by atoms with Gasteiger partial charge in [-0.25, -0.2) is 4.79 Å². The Labute approximate surface area is 89.5 Å². The maximum absolute atomic E-state index is 10.6. The molecule has 0 fully saturated rings. The second-order valence-electron chi connectivity index (χ2n) is 3.41. The highest BCUT2D eigenvalue weighted by atomic mass is 16.5. The summed E-state index contributed by atoms with van der Waals surface area (Å²) in [5.41, 5.74) is 0.323. The molecule has 4 nitrogen and oxygen atoms in total.